The van der Waals surface area contributed by atoms with Crippen LogP contribution in [0.25, 0.3) is 0 Å². The number of piperidine rings is 1. The molecule has 2 rings (SSSR count). The van der Waals surface area contributed by atoms with Crippen LogP contribution in [0.3, 0.4) is 0 Å². The van der Waals surface area contributed by atoms with E-state index in [1.54, 1.807) is 6.07 Å². The summed E-state index contributed by atoms with van der Waals surface area (Å²) in [6.45, 7) is 3.64. The number of benzene rings is 1. The quantitative estimate of drug-likeness (QED) is 0.750. The van der Waals surface area contributed by atoms with Crippen molar-refractivity contribution in [1.29, 1.82) is 0 Å². The van der Waals surface area contributed by atoms with Crippen LogP contribution in [0.15, 0.2) is 21.5 Å². The highest BCUT2D eigenvalue weighted by Crippen LogP contribution is 2.35. The van der Waals surface area contributed by atoms with E-state index >= 15 is 0 Å². The monoisotopic (exact) mass is 428 g/mol. The van der Waals surface area contributed by atoms with Crippen LogP contribution in [-0.2, 0) is 10.0 Å². The lowest BCUT2D eigenvalue weighted by Crippen LogP contribution is -2.48. The molecule has 0 saturated carbocycles. The maximum absolute atomic E-state index is 12.7. The topological polar surface area (TPSA) is 76.7 Å². The average molecular weight is 430 g/mol. The molecule has 1 aromatic carbocycles. The number of halogens is 2. The lowest BCUT2D eigenvalue weighted by atomic mass is 9.97. The second kappa shape index (κ2) is 8.53. The van der Waals surface area contributed by atoms with E-state index in [9.17, 15) is 8.42 Å². The summed E-state index contributed by atoms with van der Waals surface area (Å²) >= 11 is 3.32. The van der Waals surface area contributed by atoms with Gasteiger partial charge in [-0.3, -0.25) is 0 Å². The summed E-state index contributed by atoms with van der Waals surface area (Å²) in [5.74, 6) is 1.01. The number of methoxy groups -OCH3 is 2. The Balaban J connectivity index is 0.00000264. The van der Waals surface area contributed by atoms with Crippen LogP contribution < -0.4 is 19.5 Å². The van der Waals surface area contributed by atoms with E-state index in [0.717, 1.165) is 19.5 Å². The number of ether oxygens (including phenoxy) is 2. The lowest BCUT2D eigenvalue weighted by Gasteiger charge is -2.30. The first-order valence-corrected chi connectivity index (χ1v) is 9.31. The summed E-state index contributed by atoms with van der Waals surface area (Å²) in [5, 5.41) is 3.25. The fourth-order valence-electron chi connectivity index (χ4n) is 2.49. The molecule has 2 N–H and O–H groups in total. The van der Waals surface area contributed by atoms with Gasteiger partial charge in [-0.25, -0.2) is 13.1 Å². The summed E-state index contributed by atoms with van der Waals surface area (Å²) in [5.41, 5.74) is 0. The average Bonchev–Trinajstić information content (AvgIpc) is 2.49. The van der Waals surface area contributed by atoms with Gasteiger partial charge in [-0.2, -0.15) is 0 Å². The molecule has 9 heteroatoms. The number of nitrogens with one attached hydrogen (secondary N) is 2. The fourth-order valence-corrected chi connectivity index (χ4v) is 4.71. The maximum atomic E-state index is 12.7. The van der Waals surface area contributed by atoms with E-state index in [1.807, 2.05) is 6.92 Å². The van der Waals surface area contributed by atoms with E-state index in [2.05, 4.69) is 26.0 Å². The van der Waals surface area contributed by atoms with Gasteiger partial charge in [-0.15, -0.1) is 12.4 Å². The molecule has 23 heavy (non-hydrogen) atoms. The Morgan fingerprint density at radius 1 is 1.26 bits per heavy atom. The predicted octanol–water partition coefficient (Wildman–Crippen LogP) is 2.16. The van der Waals surface area contributed by atoms with Crippen molar-refractivity contribution in [3.8, 4) is 11.5 Å². The molecule has 1 saturated heterocycles. The minimum Gasteiger partial charge on any atom is -0.495 e. The molecule has 2 atom stereocenters. The van der Waals surface area contributed by atoms with E-state index in [1.165, 1.54) is 20.3 Å². The van der Waals surface area contributed by atoms with Gasteiger partial charge in [-0.1, -0.05) is 6.92 Å². The van der Waals surface area contributed by atoms with E-state index in [-0.39, 0.29) is 35.0 Å². The third-order valence-electron chi connectivity index (χ3n) is 3.82. The first-order chi connectivity index (χ1) is 10.4. The van der Waals surface area contributed by atoms with Gasteiger partial charge in [0.1, 0.15) is 16.4 Å². The minimum atomic E-state index is -3.67. The van der Waals surface area contributed by atoms with Gasteiger partial charge in [0.2, 0.25) is 10.0 Å². The summed E-state index contributed by atoms with van der Waals surface area (Å²) in [7, 11) is -0.716. The molecule has 0 amide bonds. The van der Waals surface area contributed by atoms with Gasteiger partial charge in [-0.05, 0) is 47.4 Å². The second-order valence-corrected chi connectivity index (χ2v) is 7.87. The minimum absolute atomic E-state index is 0. The highest BCUT2D eigenvalue weighted by molar-refractivity contribution is 9.10. The van der Waals surface area contributed by atoms with Crippen molar-refractivity contribution in [1.82, 2.24) is 10.0 Å². The molecule has 0 radical (unpaired) electrons. The number of sulfonamides is 1. The van der Waals surface area contributed by atoms with Gasteiger partial charge >= 0.3 is 0 Å². The zero-order valence-corrected chi connectivity index (χ0v) is 16.5. The Morgan fingerprint density at radius 3 is 2.48 bits per heavy atom. The normalized spacial score (nSPS) is 21.4. The molecule has 1 aliphatic heterocycles. The van der Waals surface area contributed by atoms with Gasteiger partial charge in [0.05, 0.1) is 18.7 Å². The third-order valence-corrected chi connectivity index (χ3v) is 5.95. The molecule has 132 valence electrons. The third kappa shape index (κ3) is 4.73. The number of rotatable bonds is 5. The van der Waals surface area contributed by atoms with Crippen molar-refractivity contribution < 1.29 is 17.9 Å². The van der Waals surface area contributed by atoms with Gasteiger partial charge in [0.15, 0.2) is 0 Å². The standard InChI is InChI=1S/C14H21BrN2O4S.ClH/c1-9-8-16-5-4-11(9)17-22(18,19)14-6-10(15)12(20-2)7-13(14)21-3;/h6-7,9,11,16-17H,4-5,8H2,1-3H3;1H. The Hall–Kier alpha value is -0.540. The Kier molecular flexibility index (Phi) is 7.60. The SMILES string of the molecule is COc1cc(OC)c(S(=O)(=O)NC2CCNCC2C)cc1Br.Cl. The van der Waals surface area contributed by atoms with Crippen molar-refractivity contribution in [2.45, 2.75) is 24.3 Å². The van der Waals surface area contributed by atoms with Gasteiger partial charge in [0.25, 0.3) is 0 Å². The Labute approximate surface area is 151 Å². The van der Waals surface area contributed by atoms with Crippen LogP contribution in [-0.4, -0.2) is 41.8 Å². The molecule has 0 aliphatic carbocycles. The number of hydrogen-bond donors (Lipinski definition) is 2. The summed E-state index contributed by atoms with van der Waals surface area (Å²) in [6.07, 6.45) is 0.764. The Bertz CT molecular complexity index is 642. The van der Waals surface area contributed by atoms with E-state index in [4.69, 9.17) is 9.47 Å². The second-order valence-electron chi connectivity index (χ2n) is 5.34. The molecule has 1 aliphatic rings. The number of hydrogen-bond acceptors (Lipinski definition) is 5. The molecule has 2 unspecified atom stereocenters. The maximum Gasteiger partial charge on any atom is 0.244 e. The summed E-state index contributed by atoms with van der Waals surface area (Å²) < 4.78 is 39.1. The fraction of sp³-hybridized carbons (Fsp3) is 0.571. The molecular formula is C14H22BrClN2O4S. The van der Waals surface area contributed by atoms with Crippen LogP contribution >= 0.6 is 28.3 Å². The largest absolute Gasteiger partial charge is 0.495 e. The molecule has 0 bridgehead atoms. The smallest absolute Gasteiger partial charge is 0.244 e. The molecule has 1 heterocycles. The Morgan fingerprint density at radius 2 is 1.91 bits per heavy atom. The molecule has 0 spiro atoms. The summed E-state index contributed by atoms with van der Waals surface area (Å²) in [6, 6.07) is 2.98. The predicted molar refractivity (Wildman–Crippen MR) is 95.3 cm³/mol. The lowest BCUT2D eigenvalue weighted by molar-refractivity contribution is 0.327. The van der Waals surface area contributed by atoms with Crippen LogP contribution in [0.1, 0.15) is 13.3 Å². The van der Waals surface area contributed by atoms with Crippen LogP contribution in [0.4, 0.5) is 0 Å². The zero-order chi connectivity index (χ0) is 16.3. The van der Waals surface area contributed by atoms with Crippen LogP contribution in [0.2, 0.25) is 0 Å². The highest BCUT2D eigenvalue weighted by Gasteiger charge is 2.29. The van der Waals surface area contributed by atoms with Gasteiger partial charge in [0, 0.05) is 12.1 Å². The van der Waals surface area contributed by atoms with Crippen molar-refractivity contribution >= 4 is 38.4 Å². The van der Waals surface area contributed by atoms with E-state index in [0.29, 0.717) is 10.2 Å². The molecule has 1 fully saturated rings. The molecule has 1 aromatic rings. The van der Waals surface area contributed by atoms with Crippen molar-refractivity contribution in [2.75, 3.05) is 27.3 Å². The summed E-state index contributed by atoms with van der Waals surface area (Å²) in [4.78, 5) is 0.105. The van der Waals surface area contributed by atoms with Gasteiger partial charge < -0.3 is 14.8 Å². The van der Waals surface area contributed by atoms with Crippen molar-refractivity contribution in [2.24, 2.45) is 5.92 Å². The first-order valence-electron chi connectivity index (χ1n) is 7.03. The van der Waals surface area contributed by atoms with Crippen molar-refractivity contribution in [3.05, 3.63) is 16.6 Å². The molecular weight excluding hydrogens is 408 g/mol. The molecule has 0 aromatic heterocycles. The first kappa shape index (κ1) is 20.5. The van der Waals surface area contributed by atoms with Crippen molar-refractivity contribution in [3.63, 3.8) is 0 Å². The van der Waals surface area contributed by atoms with E-state index < -0.39 is 10.0 Å². The van der Waals surface area contributed by atoms with Crippen LogP contribution in [0, 0.1) is 5.92 Å². The highest BCUT2D eigenvalue weighted by atomic mass is 79.9. The zero-order valence-electron chi connectivity index (χ0n) is 13.3. The van der Waals surface area contributed by atoms with Crippen LogP contribution in [0.5, 0.6) is 11.5 Å². The molecule has 6 nitrogen and oxygen atoms in total.